The maximum absolute atomic E-state index is 11.4. The lowest BCUT2D eigenvalue weighted by molar-refractivity contribution is -0.151. The summed E-state index contributed by atoms with van der Waals surface area (Å²) in [7, 11) is 0. The Labute approximate surface area is 112 Å². The van der Waals surface area contributed by atoms with Crippen LogP contribution >= 0.6 is 0 Å². The van der Waals surface area contributed by atoms with Crippen molar-refractivity contribution < 1.29 is 19.4 Å². The number of hydrogen-bond donors (Lipinski definition) is 1. The Bertz CT molecular complexity index is 524. The molecule has 0 atom stereocenters. The van der Waals surface area contributed by atoms with Crippen LogP contribution in [0.4, 0.5) is 0 Å². The molecule has 0 fully saturated rings. The van der Waals surface area contributed by atoms with E-state index in [1.807, 2.05) is 6.92 Å². The normalized spacial score (nSPS) is 10.9. The van der Waals surface area contributed by atoms with Crippen LogP contribution in [0.1, 0.15) is 25.0 Å². The third-order valence-electron chi connectivity index (χ3n) is 2.42. The number of benzene rings is 1. The van der Waals surface area contributed by atoms with Gasteiger partial charge < -0.3 is 9.84 Å². The number of carbonyl (C=O) groups excluding carboxylic acids is 2. The first-order valence-electron chi connectivity index (χ1n) is 5.83. The summed E-state index contributed by atoms with van der Waals surface area (Å²) in [4.78, 5) is 22.5. The zero-order valence-electron chi connectivity index (χ0n) is 11.0. The van der Waals surface area contributed by atoms with Gasteiger partial charge in [0.1, 0.15) is 5.76 Å². The van der Waals surface area contributed by atoms with Gasteiger partial charge in [-0.2, -0.15) is 0 Å². The van der Waals surface area contributed by atoms with Gasteiger partial charge in [0.25, 0.3) is 5.78 Å². The Morgan fingerprint density at radius 1 is 1.26 bits per heavy atom. The number of allylic oxidation sites excluding steroid dienone is 1. The molecule has 0 amide bonds. The maximum Gasteiger partial charge on any atom is 0.379 e. The fourth-order valence-electron chi connectivity index (χ4n) is 1.39. The first-order valence-corrected chi connectivity index (χ1v) is 5.83. The van der Waals surface area contributed by atoms with Gasteiger partial charge in [0.15, 0.2) is 0 Å². The number of ether oxygens (including phenoxy) is 1. The van der Waals surface area contributed by atoms with Gasteiger partial charge in [-0.25, -0.2) is 4.79 Å². The van der Waals surface area contributed by atoms with E-state index >= 15 is 0 Å². The van der Waals surface area contributed by atoms with E-state index in [1.165, 1.54) is 0 Å². The fourth-order valence-corrected chi connectivity index (χ4v) is 1.39. The standard InChI is InChI=1S/C15H16O4/c1-4-19-15(18)14(17)9-13(16)12-7-5-11(6-8-12)10(2)3/h5-9,16H,2,4H2,1,3H3. The molecule has 0 aromatic heterocycles. The maximum atomic E-state index is 11.4. The quantitative estimate of drug-likeness (QED) is 0.382. The highest BCUT2D eigenvalue weighted by Crippen LogP contribution is 2.16. The van der Waals surface area contributed by atoms with E-state index in [0.717, 1.165) is 17.2 Å². The highest BCUT2D eigenvalue weighted by atomic mass is 16.5. The van der Waals surface area contributed by atoms with E-state index < -0.39 is 11.8 Å². The van der Waals surface area contributed by atoms with Crippen LogP contribution < -0.4 is 0 Å². The van der Waals surface area contributed by atoms with Crippen LogP contribution in [0.25, 0.3) is 11.3 Å². The van der Waals surface area contributed by atoms with Crippen molar-refractivity contribution in [3.8, 4) is 0 Å². The van der Waals surface area contributed by atoms with Crippen molar-refractivity contribution in [2.24, 2.45) is 0 Å². The summed E-state index contributed by atoms with van der Waals surface area (Å²) in [6.07, 6.45) is 0.855. The van der Waals surface area contributed by atoms with E-state index in [-0.39, 0.29) is 12.4 Å². The van der Waals surface area contributed by atoms with Crippen LogP contribution in [0, 0.1) is 0 Å². The summed E-state index contributed by atoms with van der Waals surface area (Å²) < 4.78 is 4.54. The minimum atomic E-state index is -0.979. The largest absolute Gasteiger partial charge is 0.507 e. The highest BCUT2D eigenvalue weighted by molar-refractivity contribution is 6.39. The van der Waals surface area contributed by atoms with Gasteiger partial charge in [0.2, 0.25) is 0 Å². The lowest BCUT2D eigenvalue weighted by atomic mass is 10.1. The molecule has 0 aliphatic heterocycles. The Hall–Kier alpha value is -2.36. The lowest BCUT2D eigenvalue weighted by Crippen LogP contribution is -2.15. The SMILES string of the molecule is C=C(C)c1ccc(C(O)=CC(=O)C(=O)OCC)cc1. The van der Waals surface area contributed by atoms with Gasteiger partial charge in [-0.1, -0.05) is 36.4 Å². The number of esters is 1. The van der Waals surface area contributed by atoms with Crippen molar-refractivity contribution in [2.75, 3.05) is 6.61 Å². The molecule has 0 spiro atoms. The van der Waals surface area contributed by atoms with Crippen molar-refractivity contribution in [3.63, 3.8) is 0 Å². The Morgan fingerprint density at radius 3 is 2.26 bits per heavy atom. The van der Waals surface area contributed by atoms with Gasteiger partial charge in [-0.05, 0) is 19.4 Å². The highest BCUT2D eigenvalue weighted by Gasteiger charge is 2.13. The molecule has 0 saturated heterocycles. The molecule has 0 unspecified atom stereocenters. The zero-order chi connectivity index (χ0) is 14.4. The van der Waals surface area contributed by atoms with Crippen LogP contribution in [0.2, 0.25) is 0 Å². The Morgan fingerprint density at radius 2 is 1.79 bits per heavy atom. The average Bonchev–Trinajstić information content (AvgIpc) is 2.38. The summed E-state index contributed by atoms with van der Waals surface area (Å²) in [5, 5.41) is 9.75. The third kappa shape index (κ3) is 4.10. The van der Waals surface area contributed by atoms with E-state index in [4.69, 9.17) is 0 Å². The van der Waals surface area contributed by atoms with Crippen LogP contribution in [0.5, 0.6) is 0 Å². The molecule has 4 heteroatoms. The number of carbonyl (C=O) groups is 2. The van der Waals surface area contributed by atoms with Crippen LogP contribution in [0.15, 0.2) is 36.9 Å². The third-order valence-corrected chi connectivity index (χ3v) is 2.42. The van der Waals surface area contributed by atoms with Gasteiger partial charge in [0, 0.05) is 11.6 Å². The van der Waals surface area contributed by atoms with Crippen molar-refractivity contribution in [3.05, 3.63) is 48.0 Å². The van der Waals surface area contributed by atoms with Gasteiger partial charge in [-0.3, -0.25) is 4.79 Å². The first kappa shape index (κ1) is 14.7. The van der Waals surface area contributed by atoms with Crippen LogP contribution in [-0.2, 0) is 14.3 Å². The van der Waals surface area contributed by atoms with Gasteiger partial charge in [0.05, 0.1) is 6.61 Å². The second kappa shape index (κ2) is 6.54. The zero-order valence-corrected chi connectivity index (χ0v) is 11.0. The second-order valence-corrected chi connectivity index (χ2v) is 3.97. The lowest BCUT2D eigenvalue weighted by Gasteiger charge is -2.03. The summed E-state index contributed by atoms with van der Waals surface area (Å²) in [6.45, 7) is 7.39. The van der Waals surface area contributed by atoms with E-state index in [2.05, 4.69) is 11.3 Å². The molecule has 0 aliphatic carbocycles. The fraction of sp³-hybridized carbons (Fsp3) is 0.200. The van der Waals surface area contributed by atoms with Gasteiger partial charge in [-0.15, -0.1) is 0 Å². The molecule has 0 aliphatic rings. The molecular weight excluding hydrogens is 244 g/mol. The van der Waals surface area contributed by atoms with Crippen molar-refractivity contribution in [2.45, 2.75) is 13.8 Å². The number of aliphatic hydroxyl groups is 1. The smallest absolute Gasteiger partial charge is 0.379 e. The summed E-state index contributed by atoms with van der Waals surface area (Å²) in [5.74, 6) is -2.14. The summed E-state index contributed by atoms with van der Waals surface area (Å²) in [5.41, 5.74) is 2.29. The average molecular weight is 260 g/mol. The van der Waals surface area contributed by atoms with Crippen molar-refractivity contribution in [1.82, 2.24) is 0 Å². The molecule has 0 heterocycles. The van der Waals surface area contributed by atoms with E-state index in [0.29, 0.717) is 5.56 Å². The predicted molar refractivity (Wildman–Crippen MR) is 73.4 cm³/mol. The van der Waals surface area contributed by atoms with Crippen LogP contribution in [-0.4, -0.2) is 23.5 Å². The van der Waals surface area contributed by atoms with Gasteiger partial charge >= 0.3 is 5.97 Å². The summed E-state index contributed by atoms with van der Waals surface area (Å²) in [6, 6.07) is 6.84. The van der Waals surface area contributed by atoms with Crippen molar-refractivity contribution in [1.29, 1.82) is 0 Å². The molecule has 1 aromatic carbocycles. The summed E-state index contributed by atoms with van der Waals surface area (Å²) >= 11 is 0. The molecule has 19 heavy (non-hydrogen) atoms. The van der Waals surface area contributed by atoms with E-state index in [9.17, 15) is 14.7 Å². The number of hydrogen-bond acceptors (Lipinski definition) is 4. The van der Waals surface area contributed by atoms with Crippen molar-refractivity contribution >= 4 is 23.1 Å². The Kier molecular flexibility index (Phi) is 5.06. The molecule has 0 bridgehead atoms. The molecule has 0 radical (unpaired) electrons. The minimum absolute atomic E-state index is 0.118. The molecule has 100 valence electrons. The first-order chi connectivity index (χ1) is 8.95. The monoisotopic (exact) mass is 260 g/mol. The molecule has 1 aromatic rings. The minimum Gasteiger partial charge on any atom is -0.507 e. The molecule has 1 rings (SSSR count). The molecule has 0 saturated carbocycles. The molecular formula is C15H16O4. The molecule has 4 nitrogen and oxygen atoms in total. The van der Waals surface area contributed by atoms with Crippen LogP contribution in [0.3, 0.4) is 0 Å². The van der Waals surface area contributed by atoms with E-state index in [1.54, 1.807) is 31.2 Å². The molecule has 1 N–H and O–H groups in total. The number of ketones is 1. The second-order valence-electron chi connectivity index (χ2n) is 3.97. The topological polar surface area (TPSA) is 63.6 Å². The number of aliphatic hydroxyl groups excluding tert-OH is 1. The number of rotatable bonds is 5. The Balaban J connectivity index is 2.87. The predicted octanol–water partition coefficient (Wildman–Crippen LogP) is 2.75.